The number of carboxylic acids is 1. The maximum absolute atomic E-state index is 13.1. The second-order valence-corrected chi connectivity index (χ2v) is 9.93. The molecule has 37 heavy (non-hydrogen) atoms. The number of aromatic nitrogens is 4. The fourth-order valence-electron chi connectivity index (χ4n) is 3.21. The van der Waals surface area contributed by atoms with E-state index < -0.39 is 45.5 Å². The molecule has 1 aliphatic heterocycles. The fraction of sp³-hybridized carbons (Fsp3) is 0.368. The molecule has 202 valence electrons. The number of nitrogens with two attached hydrogens (primary N) is 1. The van der Waals surface area contributed by atoms with E-state index in [0.717, 1.165) is 4.52 Å². The SMILES string of the molecule is Cc1ccc(S(=O)(=O)NC2(C)CNC2)cc1-c1cnc2c(N)nc(C(F)(F)F)nn12.O=C(O)C(F)(F)F. The molecule has 0 aliphatic carbocycles. The molecule has 4 rings (SSSR count). The largest absolute Gasteiger partial charge is 0.490 e. The molecule has 0 saturated carbocycles. The average Bonchev–Trinajstić information content (AvgIpc) is 3.16. The molecule has 1 saturated heterocycles. The van der Waals surface area contributed by atoms with Gasteiger partial charge in [0.25, 0.3) is 5.82 Å². The third-order valence-corrected chi connectivity index (χ3v) is 6.73. The van der Waals surface area contributed by atoms with Gasteiger partial charge in [-0.25, -0.2) is 32.4 Å². The Morgan fingerprint density at radius 3 is 2.30 bits per heavy atom. The van der Waals surface area contributed by atoms with Gasteiger partial charge in [0.2, 0.25) is 10.0 Å². The lowest BCUT2D eigenvalue weighted by atomic mass is 9.97. The van der Waals surface area contributed by atoms with E-state index in [9.17, 15) is 34.8 Å². The number of nitrogen functional groups attached to an aromatic ring is 1. The first kappa shape index (κ1) is 28.1. The van der Waals surface area contributed by atoms with Crippen LogP contribution in [0.5, 0.6) is 0 Å². The summed E-state index contributed by atoms with van der Waals surface area (Å²) in [6.45, 7) is 4.47. The lowest BCUT2D eigenvalue weighted by Crippen LogP contribution is -2.66. The van der Waals surface area contributed by atoms with Crippen molar-refractivity contribution in [2.75, 3.05) is 18.8 Å². The molecule has 0 atom stereocenters. The van der Waals surface area contributed by atoms with Crippen molar-refractivity contribution in [3.63, 3.8) is 0 Å². The summed E-state index contributed by atoms with van der Waals surface area (Å²) in [7, 11) is -3.86. The molecule has 1 aliphatic rings. The topological polar surface area (TPSA) is 165 Å². The van der Waals surface area contributed by atoms with Crippen molar-refractivity contribution < 1.29 is 44.7 Å². The first-order valence-electron chi connectivity index (χ1n) is 10.1. The van der Waals surface area contributed by atoms with Crippen LogP contribution in [0, 0.1) is 6.92 Å². The van der Waals surface area contributed by atoms with Crippen LogP contribution in [0.15, 0.2) is 29.3 Å². The van der Waals surface area contributed by atoms with Crippen LogP contribution in [0.3, 0.4) is 0 Å². The van der Waals surface area contributed by atoms with E-state index in [-0.39, 0.29) is 16.2 Å². The molecule has 1 aromatic carbocycles. The monoisotopic (exact) mass is 555 g/mol. The van der Waals surface area contributed by atoms with Crippen molar-refractivity contribution in [2.45, 2.75) is 36.6 Å². The van der Waals surface area contributed by atoms with E-state index in [1.54, 1.807) is 19.9 Å². The quantitative estimate of drug-likeness (QED) is 0.352. The Kier molecular flexibility index (Phi) is 7.14. The minimum absolute atomic E-state index is 0.0238. The van der Waals surface area contributed by atoms with Crippen molar-refractivity contribution in [2.24, 2.45) is 0 Å². The van der Waals surface area contributed by atoms with Gasteiger partial charge in [-0.2, -0.15) is 26.3 Å². The summed E-state index contributed by atoms with van der Waals surface area (Å²) in [5, 5.41) is 13.7. The summed E-state index contributed by atoms with van der Waals surface area (Å²) in [5.74, 6) is -4.61. The van der Waals surface area contributed by atoms with Crippen molar-refractivity contribution in [3.8, 4) is 11.3 Å². The molecule has 5 N–H and O–H groups in total. The third-order valence-electron chi connectivity index (χ3n) is 5.09. The molecular weight excluding hydrogens is 536 g/mol. The summed E-state index contributed by atoms with van der Waals surface area (Å²) >= 11 is 0. The lowest BCUT2D eigenvalue weighted by molar-refractivity contribution is -0.192. The standard InChI is InChI=1S/C17H18F3N7O2S.C2HF3O2/c1-9-3-4-10(30(28,29)26-16(2)7-22-8-16)5-11(9)12-6-23-14-13(21)24-15(17(18,19)20)25-27(12)14;3-2(4,5)1(6)7/h3-6,22,26H,7-8H2,1-2H3,(H2,21,24,25);(H,6,7). The molecule has 18 heteroatoms. The second-order valence-electron chi connectivity index (χ2n) is 8.25. The lowest BCUT2D eigenvalue weighted by Gasteiger charge is -2.39. The molecule has 0 radical (unpaired) electrons. The van der Waals surface area contributed by atoms with E-state index >= 15 is 0 Å². The highest BCUT2D eigenvalue weighted by molar-refractivity contribution is 7.89. The zero-order valence-electron chi connectivity index (χ0n) is 18.9. The third kappa shape index (κ3) is 6.08. The van der Waals surface area contributed by atoms with Crippen LogP contribution in [0.1, 0.15) is 18.3 Å². The zero-order valence-corrected chi connectivity index (χ0v) is 19.8. The first-order chi connectivity index (χ1) is 16.8. The predicted molar refractivity (Wildman–Crippen MR) is 116 cm³/mol. The number of anilines is 1. The van der Waals surface area contributed by atoms with Gasteiger partial charge in [0, 0.05) is 18.7 Å². The van der Waals surface area contributed by atoms with Gasteiger partial charge >= 0.3 is 18.3 Å². The Morgan fingerprint density at radius 2 is 1.81 bits per heavy atom. The number of imidazole rings is 1. The van der Waals surface area contributed by atoms with Crippen LogP contribution >= 0.6 is 0 Å². The van der Waals surface area contributed by atoms with Crippen molar-refractivity contribution in [1.82, 2.24) is 29.6 Å². The van der Waals surface area contributed by atoms with Crippen LogP contribution in [-0.4, -0.2) is 63.9 Å². The van der Waals surface area contributed by atoms with Gasteiger partial charge in [0.1, 0.15) is 0 Å². The van der Waals surface area contributed by atoms with Gasteiger partial charge in [-0.15, -0.1) is 5.10 Å². The minimum Gasteiger partial charge on any atom is -0.475 e. The molecule has 3 aromatic rings. The molecule has 1 fully saturated rings. The number of benzene rings is 1. The maximum atomic E-state index is 13.1. The van der Waals surface area contributed by atoms with Crippen molar-refractivity contribution in [1.29, 1.82) is 0 Å². The van der Waals surface area contributed by atoms with Gasteiger partial charge in [0.05, 0.1) is 22.3 Å². The number of carboxylic acid groups (broad SMARTS) is 1. The highest BCUT2D eigenvalue weighted by Gasteiger charge is 2.39. The smallest absolute Gasteiger partial charge is 0.475 e. The number of hydrogen-bond donors (Lipinski definition) is 4. The molecule has 11 nitrogen and oxygen atoms in total. The maximum Gasteiger partial charge on any atom is 0.490 e. The Balaban J connectivity index is 0.000000479. The Labute approximate surface area is 204 Å². The Morgan fingerprint density at radius 1 is 1.22 bits per heavy atom. The number of rotatable bonds is 4. The van der Waals surface area contributed by atoms with Gasteiger partial charge < -0.3 is 16.2 Å². The number of aliphatic carboxylic acids is 1. The molecule has 0 unspecified atom stereocenters. The molecule has 3 heterocycles. The van der Waals surface area contributed by atoms with E-state index in [0.29, 0.717) is 24.2 Å². The zero-order chi connectivity index (χ0) is 28.0. The summed E-state index contributed by atoms with van der Waals surface area (Å²) < 4.78 is 100. The van der Waals surface area contributed by atoms with Crippen LogP contribution in [0.2, 0.25) is 0 Å². The molecule has 2 aromatic heterocycles. The highest BCUT2D eigenvalue weighted by Crippen LogP contribution is 2.31. The number of hydrogen-bond acceptors (Lipinski definition) is 8. The van der Waals surface area contributed by atoms with Crippen LogP contribution < -0.4 is 15.8 Å². The van der Waals surface area contributed by atoms with Crippen molar-refractivity contribution >= 4 is 27.5 Å². The summed E-state index contributed by atoms with van der Waals surface area (Å²) in [6, 6.07) is 4.38. The Hall–Kier alpha value is -3.51. The van der Waals surface area contributed by atoms with Crippen LogP contribution in [0.25, 0.3) is 16.9 Å². The number of aryl methyl sites for hydroxylation is 1. The molecule has 0 bridgehead atoms. The van der Waals surface area contributed by atoms with Gasteiger partial charge in [-0.1, -0.05) is 6.07 Å². The predicted octanol–water partition coefficient (Wildman–Crippen LogP) is 1.97. The Bertz CT molecular complexity index is 1450. The summed E-state index contributed by atoms with van der Waals surface area (Å²) in [6.07, 6.45) is -8.61. The number of fused-ring (bicyclic) bond motifs is 1. The van der Waals surface area contributed by atoms with E-state index in [2.05, 4.69) is 25.1 Å². The number of halogens is 6. The van der Waals surface area contributed by atoms with Crippen LogP contribution in [-0.2, 0) is 21.0 Å². The first-order valence-corrected chi connectivity index (χ1v) is 11.6. The molecule has 0 amide bonds. The van der Waals surface area contributed by atoms with Gasteiger partial charge in [0.15, 0.2) is 11.5 Å². The van der Waals surface area contributed by atoms with Gasteiger partial charge in [-0.05, 0) is 31.5 Å². The summed E-state index contributed by atoms with van der Waals surface area (Å²) in [5.41, 5.74) is 6.11. The van der Waals surface area contributed by atoms with Crippen LogP contribution in [0.4, 0.5) is 32.2 Å². The fourth-order valence-corrected chi connectivity index (χ4v) is 4.64. The number of sulfonamides is 1. The van der Waals surface area contributed by atoms with Gasteiger partial charge in [-0.3, -0.25) is 0 Å². The second kappa shape index (κ2) is 9.42. The normalized spacial score (nSPS) is 15.6. The average molecular weight is 555 g/mol. The van der Waals surface area contributed by atoms with Crippen molar-refractivity contribution in [3.05, 3.63) is 35.8 Å². The van der Waals surface area contributed by atoms with E-state index in [1.165, 1.54) is 18.3 Å². The number of nitrogens with zero attached hydrogens (tertiary/aromatic N) is 4. The highest BCUT2D eigenvalue weighted by atomic mass is 32.2. The summed E-state index contributed by atoms with van der Waals surface area (Å²) in [4.78, 5) is 16.1. The number of carbonyl (C=O) groups is 1. The number of alkyl halides is 6. The minimum atomic E-state index is -5.08. The molecular formula is C19H19F6N7O4S. The number of nitrogens with one attached hydrogen (secondary N) is 2. The van der Waals surface area contributed by atoms with E-state index in [4.69, 9.17) is 15.6 Å². The van der Waals surface area contributed by atoms with E-state index in [1.807, 2.05) is 0 Å². The molecule has 0 spiro atoms.